The van der Waals surface area contributed by atoms with Gasteiger partial charge >= 0.3 is 5.69 Å². The fourth-order valence-electron chi connectivity index (χ4n) is 4.09. The van der Waals surface area contributed by atoms with Gasteiger partial charge < -0.3 is 15.7 Å². The Balaban J connectivity index is 1.52. The molecule has 10 nitrogen and oxygen atoms in total. The van der Waals surface area contributed by atoms with Gasteiger partial charge in [0.05, 0.1) is 5.54 Å². The van der Waals surface area contributed by atoms with Gasteiger partial charge in [-0.05, 0) is 31.9 Å². The molecule has 0 unspecified atom stereocenters. The van der Waals surface area contributed by atoms with Crippen LogP contribution in [-0.4, -0.2) is 37.3 Å². The first-order chi connectivity index (χ1) is 15.3. The number of amidine groups is 1. The number of nitrogens with one attached hydrogen (secondary N) is 4. The van der Waals surface area contributed by atoms with Crippen LogP contribution >= 0.6 is 11.8 Å². The molecule has 5 N–H and O–H groups in total. The molecule has 0 radical (unpaired) electrons. The Bertz CT molecular complexity index is 1190. The van der Waals surface area contributed by atoms with E-state index in [-0.39, 0.29) is 29.0 Å². The quantitative estimate of drug-likeness (QED) is 0.458. The average Bonchev–Trinajstić information content (AvgIpc) is 3.30. The summed E-state index contributed by atoms with van der Waals surface area (Å²) in [4.78, 5) is 57.7. The number of anilines is 1. The van der Waals surface area contributed by atoms with Crippen LogP contribution < -0.4 is 21.9 Å². The summed E-state index contributed by atoms with van der Waals surface area (Å²) in [6, 6.07) is 7.35. The molecule has 1 saturated carbocycles. The number of aliphatic imine (C=N–C) groups is 1. The van der Waals surface area contributed by atoms with Crippen LogP contribution in [0.25, 0.3) is 0 Å². The number of H-pyrrole nitrogens is 2. The molecule has 4 rings (SSSR count). The maximum Gasteiger partial charge on any atom is 0.328 e. The van der Waals surface area contributed by atoms with Gasteiger partial charge in [0.2, 0.25) is 17.7 Å². The summed E-state index contributed by atoms with van der Waals surface area (Å²) in [6.45, 7) is 1.95. The van der Waals surface area contributed by atoms with Gasteiger partial charge in [-0.15, -0.1) is 0 Å². The van der Waals surface area contributed by atoms with Crippen molar-refractivity contribution in [1.82, 2.24) is 15.3 Å². The predicted molar refractivity (Wildman–Crippen MR) is 121 cm³/mol. The van der Waals surface area contributed by atoms with Gasteiger partial charge in [0.25, 0.3) is 5.56 Å². The summed E-state index contributed by atoms with van der Waals surface area (Å²) in [5.41, 5.74) is -0.867. The van der Waals surface area contributed by atoms with Gasteiger partial charge in [0.15, 0.2) is 5.17 Å². The number of thioether (sulfide) groups is 1. The van der Waals surface area contributed by atoms with Crippen LogP contribution in [0, 0.1) is 6.92 Å². The maximum atomic E-state index is 12.5. The number of hydrogen-bond acceptors (Lipinski definition) is 7. The number of carbonyl (C=O) groups is 2. The highest BCUT2D eigenvalue weighted by Crippen LogP contribution is 2.44. The van der Waals surface area contributed by atoms with Crippen molar-refractivity contribution in [1.29, 1.82) is 0 Å². The number of rotatable bonds is 5. The average molecular weight is 458 g/mol. The first-order valence-corrected chi connectivity index (χ1v) is 11.1. The highest BCUT2D eigenvalue weighted by Gasteiger charge is 2.43. The van der Waals surface area contributed by atoms with E-state index in [2.05, 4.69) is 25.6 Å². The fraction of sp³-hybridized carbons (Fsp3) is 0.381. The van der Waals surface area contributed by atoms with Crippen molar-refractivity contribution in [2.75, 3.05) is 5.32 Å². The molecular formula is C21H23N5O5S. The Morgan fingerprint density at radius 1 is 1.19 bits per heavy atom. The van der Waals surface area contributed by atoms with Crippen LogP contribution in [0.2, 0.25) is 0 Å². The summed E-state index contributed by atoms with van der Waals surface area (Å²) < 4.78 is 0. The first kappa shape index (κ1) is 21.9. The Kier molecular flexibility index (Phi) is 5.92. The Hall–Kier alpha value is -3.34. The van der Waals surface area contributed by atoms with E-state index in [9.17, 15) is 24.3 Å². The van der Waals surface area contributed by atoms with Crippen molar-refractivity contribution in [3.8, 4) is 5.88 Å². The van der Waals surface area contributed by atoms with Crippen molar-refractivity contribution in [3.05, 3.63) is 56.2 Å². The van der Waals surface area contributed by atoms with Crippen LogP contribution in [0.15, 0.2) is 38.8 Å². The minimum Gasteiger partial charge on any atom is -0.494 e. The van der Waals surface area contributed by atoms with Crippen LogP contribution in [0.1, 0.15) is 43.2 Å². The van der Waals surface area contributed by atoms with Crippen molar-refractivity contribution in [2.45, 2.75) is 49.8 Å². The standard InChI is InChI=1S/C21H23N5O5S/c1-11-4-6-12(7-5-11)22-14(27)10-13-16(28)25-20(32-13)26-21(8-2-3-9-21)15-17(29)23-19(31)24-18(15)30/h4-7,13H,2-3,8-10H2,1H3,(H,22,27)(H,25,26,28)(H3,23,24,29,30,31)/t13-/m0/s1. The third-order valence-corrected chi connectivity index (χ3v) is 6.70. The predicted octanol–water partition coefficient (Wildman–Crippen LogP) is 1.46. The number of aromatic hydroxyl groups is 1. The van der Waals surface area contributed by atoms with Crippen LogP contribution in [-0.2, 0) is 15.1 Å². The topological polar surface area (TPSA) is 157 Å². The lowest BCUT2D eigenvalue weighted by atomic mass is 9.90. The highest BCUT2D eigenvalue weighted by molar-refractivity contribution is 8.15. The summed E-state index contributed by atoms with van der Waals surface area (Å²) in [5.74, 6) is -1.16. The summed E-state index contributed by atoms with van der Waals surface area (Å²) >= 11 is 1.12. The van der Waals surface area contributed by atoms with E-state index < -0.39 is 27.9 Å². The molecule has 2 aromatic rings. The van der Waals surface area contributed by atoms with Crippen molar-refractivity contribution >= 4 is 34.4 Å². The van der Waals surface area contributed by atoms with Crippen molar-refractivity contribution in [2.24, 2.45) is 4.99 Å². The Morgan fingerprint density at radius 3 is 2.53 bits per heavy atom. The molecule has 168 valence electrons. The number of aromatic amines is 2. The Morgan fingerprint density at radius 2 is 1.88 bits per heavy atom. The lowest BCUT2D eigenvalue weighted by Crippen LogP contribution is -2.35. The van der Waals surface area contributed by atoms with Crippen molar-refractivity contribution < 1.29 is 14.7 Å². The molecule has 1 atom stereocenters. The van der Waals surface area contributed by atoms with E-state index in [0.29, 0.717) is 18.5 Å². The van der Waals surface area contributed by atoms with Gasteiger partial charge in [0, 0.05) is 12.1 Å². The number of hydrogen-bond donors (Lipinski definition) is 5. The number of carbonyl (C=O) groups excluding carboxylic acids is 2. The van der Waals surface area contributed by atoms with E-state index in [4.69, 9.17) is 0 Å². The van der Waals surface area contributed by atoms with E-state index in [1.54, 1.807) is 12.1 Å². The zero-order chi connectivity index (χ0) is 22.9. The van der Waals surface area contributed by atoms with Crippen molar-refractivity contribution in [3.63, 3.8) is 0 Å². The minimum atomic E-state index is -1.06. The normalized spacial score (nSPS) is 21.0. The van der Waals surface area contributed by atoms with Gasteiger partial charge in [0.1, 0.15) is 10.8 Å². The maximum absolute atomic E-state index is 12.5. The molecule has 1 aliphatic heterocycles. The minimum absolute atomic E-state index is 0.0162. The molecule has 2 heterocycles. The lowest BCUT2D eigenvalue weighted by Gasteiger charge is -2.24. The third-order valence-electron chi connectivity index (χ3n) is 5.62. The fourth-order valence-corrected chi connectivity index (χ4v) is 5.14. The third kappa shape index (κ3) is 4.47. The Labute approximate surface area is 186 Å². The largest absolute Gasteiger partial charge is 0.494 e. The molecule has 11 heteroatoms. The summed E-state index contributed by atoms with van der Waals surface area (Å²) in [5, 5.41) is 15.3. The summed E-state index contributed by atoms with van der Waals surface area (Å²) in [7, 11) is 0. The SMILES string of the molecule is Cc1ccc(NC(=O)C[C@@H]2SC(=NC3(c4c(O)[nH]c(=O)[nH]c4=O)CCCC3)NC2=O)cc1. The zero-order valence-electron chi connectivity index (χ0n) is 17.4. The molecule has 2 fully saturated rings. The summed E-state index contributed by atoms with van der Waals surface area (Å²) in [6.07, 6.45) is 2.47. The monoisotopic (exact) mass is 457 g/mol. The molecule has 0 spiro atoms. The molecule has 0 bridgehead atoms. The van der Waals surface area contributed by atoms with Gasteiger partial charge in [-0.2, -0.15) is 0 Å². The second-order valence-electron chi connectivity index (χ2n) is 8.00. The molecular weight excluding hydrogens is 434 g/mol. The number of aryl methyl sites for hydroxylation is 1. The van der Waals surface area contributed by atoms with Crippen LogP contribution in [0.5, 0.6) is 5.88 Å². The van der Waals surface area contributed by atoms with Crippen LogP contribution in [0.4, 0.5) is 5.69 Å². The van der Waals surface area contributed by atoms with Crippen LogP contribution in [0.3, 0.4) is 0 Å². The van der Waals surface area contributed by atoms with E-state index >= 15 is 0 Å². The first-order valence-electron chi connectivity index (χ1n) is 10.3. The number of nitrogens with zero attached hydrogens (tertiary/aromatic N) is 1. The molecule has 2 amide bonds. The zero-order valence-corrected chi connectivity index (χ0v) is 18.2. The van der Waals surface area contributed by atoms with E-state index in [1.165, 1.54) is 0 Å². The second kappa shape index (κ2) is 8.65. The second-order valence-corrected chi connectivity index (χ2v) is 9.19. The number of benzene rings is 1. The molecule has 1 aliphatic carbocycles. The number of aromatic nitrogens is 2. The molecule has 32 heavy (non-hydrogen) atoms. The van der Waals surface area contributed by atoms with E-state index in [0.717, 1.165) is 30.2 Å². The highest BCUT2D eigenvalue weighted by atomic mass is 32.2. The van der Waals surface area contributed by atoms with E-state index in [1.807, 2.05) is 19.1 Å². The molecule has 1 aromatic carbocycles. The van der Waals surface area contributed by atoms with Gasteiger partial charge in [-0.1, -0.05) is 42.3 Å². The lowest BCUT2D eigenvalue weighted by molar-refractivity contribution is -0.122. The van der Waals surface area contributed by atoms with Gasteiger partial charge in [-0.3, -0.25) is 29.3 Å². The van der Waals surface area contributed by atoms with Gasteiger partial charge in [-0.25, -0.2) is 4.79 Å². The smallest absolute Gasteiger partial charge is 0.328 e. The number of amides is 2. The molecule has 1 saturated heterocycles. The molecule has 1 aromatic heterocycles. The molecule has 2 aliphatic rings.